The van der Waals surface area contributed by atoms with E-state index in [0.29, 0.717) is 11.5 Å². The monoisotopic (exact) mass is 482 g/mol. The molecule has 0 radical (unpaired) electrons. The summed E-state index contributed by atoms with van der Waals surface area (Å²) in [5, 5.41) is 10.3. The van der Waals surface area contributed by atoms with Crippen molar-refractivity contribution in [1.29, 1.82) is 0 Å². The van der Waals surface area contributed by atoms with Crippen molar-refractivity contribution in [2.75, 3.05) is 0 Å². The highest BCUT2D eigenvalue weighted by Crippen LogP contribution is 2.32. The van der Waals surface area contributed by atoms with Crippen LogP contribution in [-0.2, 0) is 5.41 Å². The lowest BCUT2D eigenvalue weighted by atomic mass is 9.87. The van der Waals surface area contributed by atoms with Gasteiger partial charge >= 0.3 is 0 Å². The number of rotatable bonds is 3. The number of phenols is 1. The van der Waals surface area contributed by atoms with Crippen LogP contribution in [-0.4, -0.2) is 16.3 Å². The first-order chi connectivity index (χ1) is 14.2. The van der Waals surface area contributed by atoms with E-state index >= 15 is 0 Å². The second kappa shape index (κ2) is 7.89. The molecule has 0 saturated heterocycles. The van der Waals surface area contributed by atoms with E-state index in [0.717, 1.165) is 26.8 Å². The summed E-state index contributed by atoms with van der Waals surface area (Å²) in [6.07, 6.45) is 1.58. The molecule has 0 aliphatic rings. The Morgan fingerprint density at radius 3 is 2.50 bits per heavy atom. The number of benzene rings is 3. The first-order valence-electron chi connectivity index (χ1n) is 9.44. The Morgan fingerprint density at radius 1 is 1.07 bits per heavy atom. The minimum Gasteiger partial charge on any atom is -0.506 e. The van der Waals surface area contributed by atoms with Crippen LogP contribution in [0.3, 0.4) is 0 Å². The number of nitrogens with zero attached hydrogens (tertiary/aromatic N) is 2. The lowest BCUT2D eigenvalue weighted by Crippen LogP contribution is -2.10. The molecule has 0 atom stereocenters. The molecular formula is C24H20BrClN2O2. The topological polar surface area (TPSA) is 58.6 Å². The third kappa shape index (κ3) is 4.27. The van der Waals surface area contributed by atoms with Gasteiger partial charge in [0.25, 0.3) is 0 Å². The molecule has 3 aromatic carbocycles. The lowest BCUT2D eigenvalue weighted by Gasteiger charge is -2.18. The Hall–Kier alpha value is -2.63. The number of oxazole rings is 1. The zero-order valence-corrected chi connectivity index (χ0v) is 19.1. The van der Waals surface area contributed by atoms with E-state index in [1.165, 1.54) is 5.56 Å². The Kier molecular flexibility index (Phi) is 5.43. The maximum Gasteiger partial charge on any atom is 0.227 e. The van der Waals surface area contributed by atoms with Gasteiger partial charge in [0.1, 0.15) is 11.3 Å². The second-order valence-electron chi connectivity index (χ2n) is 8.08. The SMILES string of the molecule is CC(C)(C)c1ccc2oc(-c3ccc(N=Cc4cc(Br)cc(Cl)c4O)cc3)nc2c1. The van der Waals surface area contributed by atoms with Gasteiger partial charge in [0.2, 0.25) is 5.89 Å². The predicted molar refractivity (Wildman–Crippen MR) is 126 cm³/mol. The van der Waals surface area contributed by atoms with Crippen molar-refractivity contribution in [3.05, 3.63) is 75.2 Å². The smallest absolute Gasteiger partial charge is 0.227 e. The summed E-state index contributed by atoms with van der Waals surface area (Å²) in [5.74, 6) is 0.573. The zero-order valence-electron chi connectivity index (χ0n) is 16.8. The highest BCUT2D eigenvalue weighted by Gasteiger charge is 2.16. The summed E-state index contributed by atoms with van der Waals surface area (Å²) in [7, 11) is 0. The van der Waals surface area contributed by atoms with Crippen LogP contribution in [0.4, 0.5) is 5.69 Å². The van der Waals surface area contributed by atoms with Gasteiger partial charge < -0.3 is 9.52 Å². The van der Waals surface area contributed by atoms with Gasteiger partial charge in [-0.25, -0.2) is 4.98 Å². The fourth-order valence-electron chi connectivity index (χ4n) is 3.04. The maximum absolute atomic E-state index is 10.1. The van der Waals surface area contributed by atoms with Crippen molar-refractivity contribution in [1.82, 2.24) is 4.98 Å². The van der Waals surface area contributed by atoms with Gasteiger partial charge in [-0.3, -0.25) is 4.99 Å². The summed E-state index contributed by atoms with van der Waals surface area (Å²) in [6, 6.07) is 17.1. The molecule has 1 heterocycles. The van der Waals surface area contributed by atoms with Crippen molar-refractivity contribution < 1.29 is 9.52 Å². The average molecular weight is 484 g/mol. The largest absolute Gasteiger partial charge is 0.506 e. The normalized spacial score (nSPS) is 12.2. The van der Waals surface area contributed by atoms with Crippen molar-refractivity contribution in [3.8, 4) is 17.2 Å². The molecule has 30 heavy (non-hydrogen) atoms. The van der Waals surface area contributed by atoms with Gasteiger partial charge in [-0.15, -0.1) is 0 Å². The standard InChI is InChI=1S/C24H20BrClN2O2/c1-24(2,3)16-6-9-21-20(11-16)28-23(30-21)14-4-7-18(8-5-14)27-13-15-10-17(25)12-19(26)22(15)29/h4-13,29H,1-3H3. The van der Waals surface area contributed by atoms with Gasteiger partial charge in [-0.05, 0) is 59.5 Å². The van der Waals surface area contributed by atoms with Crippen LogP contribution in [0.2, 0.25) is 5.02 Å². The molecule has 0 spiro atoms. The van der Waals surface area contributed by atoms with E-state index < -0.39 is 0 Å². The van der Waals surface area contributed by atoms with Gasteiger partial charge in [-0.1, -0.05) is 54.4 Å². The number of fused-ring (bicyclic) bond motifs is 1. The number of phenolic OH excluding ortho intramolecular Hbond substituents is 1. The van der Waals surface area contributed by atoms with E-state index in [2.05, 4.69) is 58.8 Å². The van der Waals surface area contributed by atoms with Crippen molar-refractivity contribution in [3.63, 3.8) is 0 Å². The van der Waals surface area contributed by atoms with Crippen molar-refractivity contribution in [2.24, 2.45) is 4.99 Å². The third-order valence-corrected chi connectivity index (χ3v) is 5.52. The Bertz CT molecular complexity index is 1250. The molecule has 0 fully saturated rings. The molecule has 0 bridgehead atoms. The summed E-state index contributed by atoms with van der Waals surface area (Å²) in [6.45, 7) is 6.53. The van der Waals surface area contributed by atoms with Crippen molar-refractivity contribution in [2.45, 2.75) is 26.2 Å². The average Bonchev–Trinajstić information content (AvgIpc) is 3.12. The molecule has 0 amide bonds. The number of aromatic nitrogens is 1. The molecule has 0 saturated carbocycles. The van der Waals surface area contributed by atoms with Crippen LogP contribution < -0.4 is 0 Å². The first-order valence-corrected chi connectivity index (χ1v) is 10.6. The quantitative estimate of drug-likeness (QED) is 0.304. The van der Waals surface area contributed by atoms with Gasteiger partial charge in [0, 0.05) is 21.8 Å². The molecule has 6 heteroatoms. The molecule has 152 valence electrons. The zero-order chi connectivity index (χ0) is 21.5. The number of hydrogen-bond donors (Lipinski definition) is 1. The summed E-state index contributed by atoms with van der Waals surface area (Å²) in [5.41, 5.74) is 5.03. The molecule has 0 unspecified atom stereocenters. The number of halogens is 2. The van der Waals surface area contributed by atoms with Gasteiger partial charge in [0.15, 0.2) is 5.58 Å². The lowest BCUT2D eigenvalue weighted by molar-refractivity contribution is 0.474. The van der Waals surface area contributed by atoms with Gasteiger partial charge in [0.05, 0.1) is 10.7 Å². The summed E-state index contributed by atoms with van der Waals surface area (Å²) < 4.78 is 6.70. The minimum atomic E-state index is 0.00124. The second-order valence-corrected chi connectivity index (χ2v) is 9.40. The molecule has 0 aliphatic heterocycles. The van der Waals surface area contributed by atoms with Crippen molar-refractivity contribution >= 4 is 50.5 Å². The molecular weight excluding hydrogens is 464 g/mol. The summed E-state index contributed by atoms with van der Waals surface area (Å²) in [4.78, 5) is 9.07. The Morgan fingerprint density at radius 2 is 1.80 bits per heavy atom. The van der Waals surface area contributed by atoms with E-state index in [1.807, 2.05) is 30.3 Å². The molecule has 4 rings (SSSR count). The van der Waals surface area contributed by atoms with Crippen LogP contribution in [0.5, 0.6) is 5.75 Å². The van der Waals surface area contributed by atoms with Crippen LogP contribution >= 0.6 is 27.5 Å². The van der Waals surface area contributed by atoms with Crippen LogP contribution in [0.1, 0.15) is 31.9 Å². The molecule has 0 aliphatic carbocycles. The van der Waals surface area contributed by atoms with E-state index in [1.54, 1.807) is 18.3 Å². The van der Waals surface area contributed by atoms with E-state index in [-0.39, 0.29) is 16.2 Å². The van der Waals surface area contributed by atoms with E-state index in [9.17, 15) is 5.11 Å². The van der Waals surface area contributed by atoms with Crippen LogP contribution in [0.15, 0.2) is 68.5 Å². The van der Waals surface area contributed by atoms with Gasteiger partial charge in [-0.2, -0.15) is 0 Å². The minimum absolute atomic E-state index is 0.00124. The predicted octanol–water partition coefficient (Wildman–Crippen LogP) is 7.66. The Balaban J connectivity index is 1.59. The fraction of sp³-hybridized carbons (Fsp3) is 0.167. The van der Waals surface area contributed by atoms with Crippen LogP contribution in [0, 0.1) is 0 Å². The number of aliphatic imine (C=N–C) groups is 1. The van der Waals surface area contributed by atoms with E-state index in [4.69, 9.17) is 16.0 Å². The molecule has 1 aromatic heterocycles. The first kappa shape index (κ1) is 20.6. The number of hydrogen-bond acceptors (Lipinski definition) is 4. The highest BCUT2D eigenvalue weighted by atomic mass is 79.9. The molecule has 4 nitrogen and oxygen atoms in total. The van der Waals surface area contributed by atoms with Crippen LogP contribution in [0.25, 0.3) is 22.6 Å². The third-order valence-electron chi connectivity index (χ3n) is 4.78. The molecule has 4 aromatic rings. The number of aromatic hydroxyl groups is 1. The fourth-order valence-corrected chi connectivity index (χ4v) is 3.87. The molecule has 1 N–H and O–H groups in total. The maximum atomic E-state index is 10.1. The highest BCUT2D eigenvalue weighted by molar-refractivity contribution is 9.10. The summed E-state index contributed by atoms with van der Waals surface area (Å²) >= 11 is 9.36. The Labute approximate surface area is 188 Å².